The molecule has 4 nitrogen and oxygen atoms in total. The van der Waals surface area contributed by atoms with E-state index in [4.69, 9.17) is 0 Å². The number of H-pyrrole nitrogens is 1. The molecule has 0 saturated carbocycles. The number of hydrogen-bond donors (Lipinski definition) is 1. The normalized spacial score (nSPS) is 11.7. The van der Waals surface area contributed by atoms with E-state index in [9.17, 15) is 18.0 Å². The lowest BCUT2D eigenvalue weighted by molar-refractivity contribution is -0.274. The standard InChI is InChI=1S/C9H5F3N2O2/c10-9(11,12)16-7-2-5(3-15)1-6-8(7)14-4-13-6/h1-4H,(H,13,14). The molecule has 0 saturated heterocycles. The van der Waals surface area contributed by atoms with E-state index in [1.807, 2.05) is 0 Å². The monoisotopic (exact) mass is 230 g/mol. The average Bonchev–Trinajstić information content (AvgIpc) is 2.63. The van der Waals surface area contributed by atoms with E-state index in [2.05, 4.69) is 14.7 Å². The highest BCUT2D eigenvalue weighted by Gasteiger charge is 2.32. The van der Waals surface area contributed by atoms with Crippen LogP contribution in [0.2, 0.25) is 0 Å². The van der Waals surface area contributed by atoms with E-state index in [1.165, 1.54) is 12.4 Å². The van der Waals surface area contributed by atoms with Gasteiger partial charge in [0.1, 0.15) is 11.8 Å². The molecule has 0 aliphatic heterocycles. The second-order valence-electron chi connectivity index (χ2n) is 2.98. The predicted molar refractivity (Wildman–Crippen MR) is 48.2 cm³/mol. The number of halogens is 3. The van der Waals surface area contributed by atoms with E-state index in [-0.39, 0.29) is 11.1 Å². The maximum Gasteiger partial charge on any atom is 0.573 e. The lowest BCUT2D eigenvalue weighted by Gasteiger charge is -2.09. The van der Waals surface area contributed by atoms with Crippen LogP contribution in [0.25, 0.3) is 11.0 Å². The predicted octanol–water partition coefficient (Wildman–Crippen LogP) is 2.27. The van der Waals surface area contributed by atoms with Crippen LogP contribution in [-0.2, 0) is 0 Å². The Bertz CT molecular complexity index is 533. The maximum absolute atomic E-state index is 12.1. The Morgan fingerprint density at radius 3 is 2.75 bits per heavy atom. The number of aldehydes is 1. The Hall–Kier alpha value is -2.05. The van der Waals surface area contributed by atoms with Gasteiger partial charge in [0.2, 0.25) is 0 Å². The molecule has 7 heteroatoms. The van der Waals surface area contributed by atoms with Gasteiger partial charge in [0.15, 0.2) is 5.75 Å². The molecule has 0 aliphatic carbocycles. The first kappa shape index (κ1) is 10.5. The number of carbonyl (C=O) groups is 1. The molecule has 1 aromatic heterocycles. The van der Waals surface area contributed by atoms with Gasteiger partial charge >= 0.3 is 6.36 Å². The number of nitrogens with one attached hydrogen (secondary N) is 1. The van der Waals surface area contributed by atoms with Gasteiger partial charge in [-0.2, -0.15) is 0 Å². The lowest BCUT2D eigenvalue weighted by atomic mass is 10.2. The second kappa shape index (κ2) is 3.51. The molecule has 1 heterocycles. The number of carbonyl (C=O) groups excluding carboxylic acids is 1. The summed E-state index contributed by atoms with van der Waals surface area (Å²) >= 11 is 0. The number of ether oxygens (including phenoxy) is 1. The Labute approximate surface area is 87.0 Å². The quantitative estimate of drug-likeness (QED) is 0.805. The number of nitrogens with zero attached hydrogens (tertiary/aromatic N) is 1. The summed E-state index contributed by atoms with van der Waals surface area (Å²) in [5, 5.41) is 0. The third kappa shape index (κ3) is 1.97. The van der Waals surface area contributed by atoms with E-state index < -0.39 is 12.1 Å². The van der Waals surface area contributed by atoms with Crippen LogP contribution in [0.4, 0.5) is 13.2 Å². The van der Waals surface area contributed by atoms with Crippen molar-refractivity contribution in [1.82, 2.24) is 9.97 Å². The smallest absolute Gasteiger partial charge is 0.403 e. The summed E-state index contributed by atoms with van der Waals surface area (Å²) in [6, 6.07) is 2.38. The van der Waals surface area contributed by atoms with Crippen LogP contribution in [0.3, 0.4) is 0 Å². The third-order valence-corrected chi connectivity index (χ3v) is 1.87. The van der Waals surface area contributed by atoms with Crippen LogP contribution in [0.5, 0.6) is 5.75 Å². The molecule has 0 aliphatic rings. The molecule has 0 bridgehead atoms. The summed E-state index contributed by atoms with van der Waals surface area (Å²) < 4.78 is 40.0. The molecule has 0 radical (unpaired) electrons. The first-order valence-electron chi connectivity index (χ1n) is 4.17. The van der Waals surface area contributed by atoms with Crippen molar-refractivity contribution in [2.75, 3.05) is 0 Å². The Morgan fingerprint density at radius 1 is 1.38 bits per heavy atom. The first-order valence-corrected chi connectivity index (χ1v) is 4.17. The number of imidazole rings is 1. The van der Waals surface area contributed by atoms with Gasteiger partial charge in [-0.05, 0) is 12.1 Å². The molecule has 0 spiro atoms. The Morgan fingerprint density at radius 2 is 2.12 bits per heavy atom. The third-order valence-electron chi connectivity index (χ3n) is 1.87. The molecule has 0 unspecified atom stereocenters. The SMILES string of the molecule is O=Cc1cc(OC(F)(F)F)c2nc[nH]c2c1. The number of aromatic amines is 1. The zero-order valence-electron chi connectivity index (χ0n) is 7.71. The summed E-state index contributed by atoms with van der Waals surface area (Å²) in [6.07, 6.45) is -3.15. The number of benzene rings is 1. The highest BCUT2D eigenvalue weighted by Crippen LogP contribution is 2.29. The molecular formula is C9H5F3N2O2. The minimum Gasteiger partial charge on any atom is -0.403 e. The van der Waals surface area contributed by atoms with Gasteiger partial charge in [-0.15, -0.1) is 13.2 Å². The lowest BCUT2D eigenvalue weighted by Crippen LogP contribution is -2.17. The number of fused-ring (bicyclic) bond motifs is 1. The fourth-order valence-corrected chi connectivity index (χ4v) is 1.31. The van der Waals surface area contributed by atoms with Crippen LogP contribution in [0, 0.1) is 0 Å². The fraction of sp³-hybridized carbons (Fsp3) is 0.111. The van der Waals surface area contributed by atoms with Crippen LogP contribution in [0.1, 0.15) is 10.4 Å². The maximum atomic E-state index is 12.1. The number of aromatic nitrogens is 2. The molecular weight excluding hydrogens is 225 g/mol. The minimum absolute atomic E-state index is 0.0305. The summed E-state index contributed by atoms with van der Waals surface area (Å²) in [5.74, 6) is -0.492. The average molecular weight is 230 g/mol. The first-order chi connectivity index (χ1) is 7.49. The number of hydrogen-bond acceptors (Lipinski definition) is 3. The molecule has 16 heavy (non-hydrogen) atoms. The molecule has 1 aromatic carbocycles. The summed E-state index contributed by atoms with van der Waals surface area (Å²) in [5.41, 5.74) is 0.419. The van der Waals surface area contributed by atoms with Gasteiger partial charge in [0.05, 0.1) is 11.8 Å². The second-order valence-corrected chi connectivity index (χ2v) is 2.98. The van der Waals surface area contributed by atoms with Crippen LogP contribution in [0.15, 0.2) is 18.5 Å². The molecule has 2 aromatic rings. The molecule has 2 rings (SSSR count). The molecule has 0 fully saturated rings. The summed E-state index contributed by atoms with van der Waals surface area (Å²) in [7, 11) is 0. The van der Waals surface area contributed by atoms with Crippen LogP contribution >= 0.6 is 0 Å². The molecule has 1 N–H and O–H groups in total. The topological polar surface area (TPSA) is 55.0 Å². The van der Waals surface area contributed by atoms with Crippen molar-refractivity contribution < 1.29 is 22.7 Å². The van der Waals surface area contributed by atoms with Crippen molar-refractivity contribution in [3.8, 4) is 5.75 Å². The van der Waals surface area contributed by atoms with Crippen LogP contribution < -0.4 is 4.74 Å². The molecule has 0 amide bonds. The highest BCUT2D eigenvalue weighted by atomic mass is 19.4. The van der Waals surface area contributed by atoms with E-state index in [1.54, 1.807) is 0 Å². The largest absolute Gasteiger partial charge is 0.573 e. The van der Waals surface area contributed by atoms with Crippen molar-refractivity contribution in [3.05, 3.63) is 24.0 Å². The highest BCUT2D eigenvalue weighted by molar-refractivity contribution is 5.89. The van der Waals surface area contributed by atoms with E-state index >= 15 is 0 Å². The Kier molecular flexibility index (Phi) is 2.30. The van der Waals surface area contributed by atoms with Crippen molar-refractivity contribution in [2.45, 2.75) is 6.36 Å². The van der Waals surface area contributed by atoms with Crippen molar-refractivity contribution >= 4 is 17.3 Å². The van der Waals surface area contributed by atoms with Crippen molar-refractivity contribution in [2.24, 2.45) is 0 Å². The molecule has 84 valence electrons. The van der Waals surface area contributed by atoms with E-state index in [0.29, 0.717) is 11.8 Å². The molecule has 0 atom stereocenters. The van der Waals surface area contributed by atoms with Crippen molar-refractivity contribution in [1.29, 1.82) is 0 Å². The zero-order chi connectivity index (χ0) is 11.8. The van der Waals surface area contributed by atoms with E-state index in [0.717, 1.165) is 6.07 Å². The van der Waals surface area contributed by atoms with Gasteiger partial charge in [0.25, 0.3) is 0 Å². The van der Waals surface area contributed by atoms with Crippen LogP contribution in [-0.4, -0.2) is 22.6 Å². The summed E-state index contributed by atoms with van der Waals surface area (Å²) in [4.78, 5) is 16.8. The minimum atomic E-state index is -4.81. The number of rotatable bonds is 2. The fourth-order valence-electron chi connectivity index (χ4n) is 1.31. The van der Waals surface area contributed by atoms with Gasteiger partial charge < -0.3 is 9.72 Å². The van der Waals surface area contributed by atoms with Gasteiger partial charge in [-0.25, -0.2) is 4.98 Å². The van der Waals surface area contributed by atoms with Crippen molar-refractivity contribution in [3.63, 3.8) is 0 Å². The summed E-state index contributed by atoms with van der Waals surface area (Å²) in [6.45, 7) is 0. The Balaban J connectivity index is 2.56. The van der Waals surface area contributed by atoms with Gasteiger partial charge in [0, 0.05) is 5.56 Å². The zero-order valence-corrected chi connectivity index (χ0v) is 7.71. The van der Waals surface area contributed by atoms with Gasteiger partial charge in [-0.1, -0.05) is 0 Å². The number of alkyl halides is 3. The van der Waals surface area contributed by atoms with Gasteiger partial charge in [-0.3, -0.25) is 4.79 Å².